The van der Waals surface area contributed by atoms with Crippen LogP contribution in [0.15, 0.2) is 28.3 Å². The van der Waals surface area contributed by atoms with Gasteiger partial charge in [0.05, 0.1) is 11.7 Å². The van der Waals surface area contributed by atoms with Gasteiger partial charge in [0.2, 0.25) is 0 Å². The highest BCUT2D eigenvalue weighted by Gasteiger charge is 2.07. The van der Waals surface area contributed by atoms with Gasteiger partial charge >= 0.3 is 0 Å². The SMILES string of the molecule is CC(NCc1ccc(Br)nn1)c1nccs1. The van der Waals surface area contributed by atoms with Crippen LogP contribution in [-0.2, 0) is 6.54 Å². The number of aromatic nitrogens is 3. The fourth-order valence-corrected chi connectivity index (χ4v) is 2.11. The van der Waals surface area contributed by atoms with Crippen molar-refractivity contribution in [2.24, 2.45) is 0 Å². The maximum atomic E-state index is 4.26. The second-order valence-corrected chi connectivity index (χ2v) is 5.06. The van der Waals surface area contributed by atoms with Crippen LogP contribution in [0.4, 0.5) is 0 Å². The van der Waals surface area contributed by atoms with E-state index >= 15 is 0 Å². The molecule has 16 heavy (non-hydrogen) atoms. The minimum atomic E-state index is 0.241. The van der Waals surface area contributed by atoms with Crippen molar-refractivity contribution in [2.45, 2.75) is 19.5 Å². The number of nitrogens with zero attached hydrogens (tertiary/aromatic N) is 3. The van der Waals surface area contributed by atoms with E-state index in [0.29, 0.717) is 6.54 Å². The van der Waals surface area contributed by atoms with Crippen molar-refractivity contribution in [3.05, 3.63) is 39.0 Å². The largest absolute Gasteiger partial charge is 0.302 e. The summed E-state index contributed by atoms with van der Waals surface area (Å²) in [6.45, 7) is 2.78. The standard InChI is InChI=1S/C10H11BrN4S/c1-7(10-12-4-5-16-10)13-6-8-2-3-9(11)15-14-8/h2-5,7,13H,6H2,1H3. The zero-order valence-electron chi connectivity index (χ0n) is 8.72. The molecule has 0 aliphatic carbocycles. The van der Waals surface area contributed by atoms with Crippen LogP contribution in [0.25, 0.3) is 0 Å². The molecule has 2 aromatic heterocycles. The summed E-state index contributed by atoms with van der Waals surface area (Å²) in [7, 11) is 0. The molecule has 2 aromatic rings. The Bertz CT molecular complexity index is 429. The zero-order chi connectivity index (χ0) is 11.4. The van der Waals surface area contributed by atoms with E-state index in [4.69, 9.17) is 0 Å². The summed E-state index contributed by atoms with van der Waals surface area (Å²) in [5.41, 5.74) is 0.923. The molecule has 0 saturated heterocycles. The number of thiazole rings is 1. The Morgan fingerprint density at radius 3 is 2.94 bits per heavy atom. The number of halogens is 1. The van der Waals surface area contributed by atoms with Gasteiger partial charge in [0, 0.05) is 18.1 Å². The molecule has 0 saturated carbocycles. The van der Waals surface area contributed by atoms with E-state index in [2.05, 4.69) is 43.4 Å². The van der Waals surface area contributed by atoms with Crippen molar-refractivity contribution >= 4 is 27.3 Å². The number of nitrogens with one attached hydrogen (secondary N) is 1. The van der Waals surface area contributed by atoms with Gasteiger partial charge in [-0.3, -0.25) is 0 Å². The summed E-state index contributed by atoms with van der Waals surface area (Å²) in [4.78, 5) is 4.26. The van der Waals surface area contributed by atoms with Gasteiger partial charge in [-0.2, -0.15) is 5.10 Å². The van der Waals surface area contributed by atoms with Crippen molar-refractivity contribution in [3.63, 3.8) is 0 Å². The van der Waals surface area contributed by atoms with Crippen LogP contribution in [0.2, 0.25) is 0 Å². The van der Waals surface area contributed by atoms with Gasteiger partial charge in [0.25, 0.3) is 0 Å². The van der Waals surface area contributed by atoms with Crippen molar-refractivity contribution in [2.75, 3.05) is 0 Å². The second-order valence-electron chi connectivity index (χ2n) is 3.32. The van der Waals surface area contributed by atoms with Gasteiger partial charge in [-0.05, 0) is 35.0 Å². The predicted octanol–water partition coefficient (Wildman–Crippen LogP) is 2.55. The molecule has 0 spiro atoms. The molecule has 0 aromatic carbocycles. The summed E-state index contributed by atoms with van der Waals surface area (Å²) < 4.78 is 0.754. The Morgan fingerprint density at radius 1 is 1.44 bits per heavy atom. The highest BCUT2D eigenvalue weighted by Crippen LogP contribution is 2.15. The molecule has 1 unspecified atom stereocenters. The first-order chi connectivity index (χ1) is 7.75. The molecule has 2 rings (SSSR count). The highest BCUT2D eigenvalue weighted by molar-refractivity contribution is 9.10. The molecule has 0 radical (unpaired) electrons. The Balaban J connectivity index is 1.90. The minimum Gasteiger partial charge on any atom is -0.302 e. The zero-order valence-corrected chi connectivity index (χ0v) is 11.1. The molecular weight excluding hydrogens is 288 g/mol. The van der Waals surface area contributed by atoms with Gasteiger partial charge in [-0.15, -0.1) is 16.4 Å². The average molecular weight is 299 g/mol. The highest BCUT2D eigenvalue weighted by atomic mass is 79.9. The lowest BCUT2D eigenvalue weighted by molar-refractivity contribution is 0.561. The van der Waals surface area contributed by atoms with Crippen LogP contribution in [-0.4, -0.2) is 15.2 Å². The summed E-state index contributed by atoms with van der Waals surface area (Å²) in [6, 6.07) is 4.07. The third-order valence-electron chi connectivity index (χ3n) is 2.10. The molecular formula is C10H11BrN4S. The van der Waals surface area contributed by atoms with Crippen LogP contribution < -0.4 is 5.32 Å². The Hall–Kier alpha value is -0.850. The molecule has 0 aliphatic rings. The number of hydrogen-bond acceptors (Lipinski definition) is 5. The van der Waals surface area contributed by atoms with E-state index in [9.17, 15) is 0 Å². The number of hydrogen-bond donors (Lipinski definition) is 1. The van der Waals surface area contributed by atoms with Crippen LogP contribution in [0, 0.1) is 0 Å². The first-order valence-electron chi connectivity index (χ1n) is 4.86. The Kier molecular flexibility index (Phi) is 3.98. The topological polar surface area (TPSA) is 50.7 Å². The lowest BCUT2D eigenvalue weighted by Gasteiger charge is -2.09. The lowest BCUT2D eigenvalue weighted by atomic mass is 10.3. The Labute approximate surface area is 106 Å². The van der Waals surface area contributed by atoms with Crippen molar-refractivity contribution in [3.8, 4) is 0 Å². The molecule has 2 heterocycles. The minimum absolute atomic E-state index is 0.241. The lowest BCUT2D eigenvalue weighted by Crippen LogP contribution is -2.18. The monoisotopic (exact) mass is 298 g/mol. The maximum Gasteiger partial charge on any atom is 0.128 e. The average Bonchev–Trinajstić information content (AvgIpc) is 2.81. The smallest absolute Gasteiger partial charge is 0.128 e. The molecule has 6 heteroatoms. The molecule has 1 atom stereocenters. The molecule has 0 aliphatic heterocycles. The van der Waals surface area contributed by atoms with Crippen LogP contribution in [0.1, 0.15) is 23.7 Å². The molecule has 0 bridgehead atoms. The van der Waals surface area contributed by atoms with Gasteiger partial charge in [-0.1, -0.05) is 0 Å². The van der Waals surface area contributed by atoms with E-state index in [-0.39, 0.29) is 6.04 Å². The van der Waals surface area contributed by atoms with Crippen molar-refractivity contribution in [1.82, 2.24) is 20.5 Å². The molecule has 0 amide bonds. The number of rotatable bonds is 4. The fourth-order valence-electron chi connectivity index (χ4n) is 1.23. The second kappa shape index (κ2) is 5.47. The molecule has 84 valence electrons. The third-order valence-corrected chi connectivity index (χ3v) is 3.48. The van der Waals surface area contributed by atoms with Gasteiger partial charge in [-0.25, -0.2) is 4.98 Å². The van der Waals surface area contributed by atoms with Crippen LogP contribution in [0.3, 0.4) is 0 Å². The summed E-state index contributed by atoms with van der Waals surface area (Å²) in [5, 5.41) is 14.4. The van der Waals surface area contributed by atoms with Crippen LogP contribution >= 0.6 is 27.3 Å². The van der Waals surface area contributed by atoms with E-state index in [1.807, 2.05) is 23.7 Å². The first-order valence-corrected chi connectivity index (χ1v) is 6.54. The maximum absolute atomic E-state index is 4.26. The molecule has 4 nitrogen and oxygen atoms in total. The third kappa shape index (κ3) is 3.07. The van der Waals surface area contributed by atoms with E-state index < -0.39 is 0 Å². The van der Waals surface area contributed by atoms with E-state index in [1.165, 1.54) is 0 Å². The van der Waals surface area contributed by atoms with Crippen molar-refractivity contribution in [1.29, 1.82) is 0 Å². The first kappa shape index (κ1) is 11.6. The van der Waals surface area contributed by atoms with Gasteiger partial charge < -0.3 is 5.32 Å². The molecule has 1 N–H and O–H groups in total. The van der Waals surface area contributed by atoms with Gasteiger partial charge in [0.1, 0.15) is 9.61 Å². The summed E-state index contributed by atoms with van der Waals surface area (Å²) in [6.07, 6.45) is 1.82. The van der Waals surface area contributed by atoms with E-state index in [0.717, 1.165) is 15.3 Å². The summed E-state index contributed by atoms with van der Waals surface area (Å²) >= 11 is 4.91. The van der Waals surface area contributed by atoms with Crippen LogP contribution in [0.5, 0.6) is 0 Å². The van der Waals surface area contributed by atoms with Crippen molar-refractivity contribution < 1.29 is 0 Å². The predicted molar refractivity (Wildman–Crippen MR) is 67.1 cm³/mol. The van der Waals surface area contributed by atoms with E-state index in [1.54, 1.807) is 11.3 Å². The van der Waals surface area contributed by atoms with Gasteiger partial charge in [0.15, 0.2) is 0 Å². The molecule has 0 fully saturated rings. The summed E-state index contributed by atoms with van der Waals surface area (Å²) in [5.74, 6) is 0. The quantitative estimate of drug-likeness (QED) is 0.942. The Morgan fingerprint density at radius 2 is 2.31 bits per heavy atom. The fraction of sp³-hybridized carbons (Fsp3) is 0.300. The normalized spacial score (nSPS) is 12.6.